The molecule has 2 heterocycles. The molecule has 0 unspecified atom stereocenters. The van der Waals surface area contributed by atoms with Gasteiger partial charge in [0.1, 0.15) is 0 Å². The number of nitrogens with zero attached hydrogens (tertiary/aromatic N) is 5. The predicted molar refractivity (Wildman–Crippen MR) is 36.4 cm³/mol. The number of aromatic nitrogens is 5. The first-order valence-electron chi connectivity index (χ1n) is 2.92. The molecule has 0 aromatic carbocycles. The second kappa shape index (κ2) is 2.13. The molecule has 2 aromatic rings. The summed E-state index contributed by atoms with van der Waals surface area (Å²) in [6.45, 7) is 0. The summed E-state index contributed by atoms with van der Waals surface area (Å²) in [5.74, 6) is 5.63. The molecule has 0 fully saturated rings. The van der Waals surface area contributed by atoms with E-state index in [4.69, 9.17) is 5.84 Å². The van der Waals surface area contributed by atoms with Gasteiger partial charge in [0.25, 0.3) is 0 Å². The highest BCUT2D eigenvalue weighted by atomic mass is 15.6. The van der Waals surface area contributed by atoms with Crippen LogP contribution in [0.3, 0.4) is 0 Å². The summed E-state index contributed by atoms with van der Waals surface area (Å²) in [5, 5.41) is 14.5. The number of rotatable bonds is 1. The molecule has 56 valence electrons. The van der Waals surface area contributed by atoms with Gasteiger partial charge in [-0.2, -0.15) is 0 Å². The monoisotopic (exact) mass is 151 g/mol. The largest absolute Gasteiger partial charge is 0.307 e. The number of nitrogens with two attached hydrogens (primary N) is 1. The fourth-order valence-electron chi connectivity index (χ4n) is 0.727. The van der Waals surface area contributed by atoms with Crippen molar-refractivity contribution in [2.24, 2.45) is 5.84 Å². The van der Waals surface area contributed by atoms with Crippen LogP contribution in [0.15, 0.2) is 12.1 Å². The lowest BCUT2D eigenvalue weighted by Gasteiger charge is -1.95. The van der Waals surface area contributed by atoms with Gasteiger partial charge in [0, 0.05) is 0 Å². The van der Waals surface area contributed by atoms with Crippen LogP contribution < -0.4 is 11.3 Å². The van der Waals surface area contributed by atoms with Crippen molar-refractivity contribution < 1.29 is 0 Å². The van der Waals surface area contributed by atoms with Crippen molar-refractivity contribution in [3.05, 3.63) is 12.1 Å². The van der Waals surface area contributed by atoms with Gasteiger partial charge in [0.2, 0.25) is 0 Å². The first kappa shape index (κ1) is 5.98. The van der Waals surface area contributed by atoms with E-state index >= 15 is 0 Å². The molecule has 0 spiro atoms. The Balaban J connectivity index is 2.67. The Bertz CT molecular complexity index is 365. The van der Waals surface area contributed by atoms with Gasteiger partial charge in [0.15, 0.2) is 11.5 Å². The van der Waals surface area contributed by atoms with Gasteiger partial charge in [-0.05, 0) is 22.6 Å². The van der Waals surface area contributed by atoms with E-state index in [1.807, 2.05) is 0 Å². The molecule has 0 aliphatic carbocycles. The Labute approximate surface area is 61.2 Å². The van der Waals surface area contributed by atoms with Gasteiger partial charge < -0.3 is 5.43 Å². The van der Waals surface area contributed by atoms with Crippen molar-refractivity contribution in [2.45, 2.75) is 0 Å². The lowest BCUT2D eigenvalue weighted by atomic mass is 10.5. The minimum Gasteiger partial charge on any atom is -0.307 e. The van der Waals surface area contributed by atoms with Crippen molar-refractivity contribution in [2.75, 3.05) is 5.43 Å². The molecule has 11 heavy (non-hydrogen) atoms. The molecular formula is C4H5N7. The van der Waals surface area contributed by atoms with E-state index in [1.54, 1.807) is 12.1 Å². The highest BCUT2D eigenvalue weighted by molar-refractivity contribution is 5.41. The normalized spacial score (nSPS) is 10.3. The third-order valence-corrected chi connectivity index (χ3v) is 1.22. The fraction of sp³-hybridized carbons (Fsp3) is 0. The average Bonchev–Trinajstić information content (AvgIpc) is 2.50. The Morgan fingerprint density at radius 2 is 2.36 bits per heavy atom. The summed E-state index contributed by atoms with van der Waals surface area (Å²) < 4.78 is 1.29. The Morgan fingerprint density at radius 3 is 3.18 bits per heavy atom. The first-order valence-corrected chi connectivity index (χ1v) is 2.92. The molecule has 0 atom stereocenters. The van der Waals surface area contributed by atoms with Gasteiger partial charge in [-0.15, -0.1) is 14.8 Å². The van der Waals surface area contributed by atoms with E-state index in [2.05, 4.69) is 26.0 Å². The Morgan fingerprint density at radius 1 is 1.45 bits per heavy atom. The standard InChI is InChI=1S/C4H5N7/c5-6-3-1-2-4-7-9-10-11(4)8-3/h1-2H,5H2,(H,6,8). The van der Waals surface area contributed by atoms with Crippen LogP contribution in [-0.4, -0.2) is 25.3 Å². The van der Waals surface area contributed by atoms with Crippen LogP contribution in [0.1, 0.15) is 0 Å². The zero-order chi connectivity index (χ0) is 7.68. The molecule has 2 aromatic heterocycles. The average molecular weight is 151 g/mol. The minimum atomic E-state index is 0.518. The second-order valence-corrected chi connectivity index (χ2v) is 1.89. The van der Waals surface area contributed by atoms with E-state index < -0.39 is 0 Å². The van der Waals surface area contributed by atoms with Crippen LogP contribution in [0.25, 0.3) is 5.65 Å². The van der Waals surface area contributed by atoms with Crippen molar-refractivity contribution in [1.29, 1.82) is 0 Å². The zero-order valence-corrected chi connectivity index (χ0v) is 5.47. The van der Waals surface area contributed by atoms with Gasteiger partial charge >= 0.3 is 0 Å². The third kappa shape index (κ3) is 0.867. The van der Waals surface area contributed by atoms with Gasteiger partial charge in [0.05, 0.1) is 0 Å². The summed E-state index contributed by atoms with van der Waals surface area (Å²) in [5.41, 5.74) is 2.97. The molecule has 0 saturated heterocycles. The van der Waals surface area contributed by atoms with Crippen LogP contribution >= 0.6 is 0 Å². The van der Waals surface area contributed by atoms with Crippen LogP contribution in [0.5, 0.6) is 0 Å². The predicted octanol–water partition coefficient (Wildman–Crippen LogP) is -1.20. The topological polar surface area (TPSA) is 94.0 Å². The molecular weight excluding hydrogens is 146 g/mol. The summed E-state index contributed by atoms with van der Waals surface area (Å²) >= 11 is 0. The summed E-state index contributed by atoms with van der Waals surface area (Å²) in [6.07, 6.45) is 0. The number of fused-ring (bicyclic) bond motifs is 1. The molecule has 0 bridgehead atoms. The number of anilines is 1. The molecule has 7 heteroatoms. The number of tetrazole rings is 1. The Kier molecular flexibility index (Phi) is 1.16. The van der Waals surface area contributed by atoms with Crippen molar-refractivity contribution in [3.63, 3.8) is 0 Å². The van der Waals surface area contributed by atoms with Crippen molar-refractivity contribution in [1.82, 2.24) is 25.3 Å². The second-order valence-electron chi connectivity index (χ2n) is 1.89. The van der Waals surface area contributed by atoms with Crippen LogP contribution in [0.2, 0.25) is 0 Å². The van der Waals surface area contributed by atoms with Gasteiger partial charge in [-0.3, -0.25) is 0 Å². The summed E-state index contributed by atoms with van der Waals surface area (Å²) in [7, 11) is 0. The number of hydrazine groups is 1. The quantitative estimate of drug-likeness (QED) is 0.393. The fourth-order valence-corrected chi connectivity index (χ4v) is 0.727. The van der Waals surface area contributed by atoms with Crippen LogP contribution in [0.4, 0.5) is 5.82 Å². The van der Waals surface area contributed by atoms with E-state index in [-0.39, 0.29) is 0 Å². The number of hydrogen-bond donors (Lipinski definition) is 2. The molecule has 0 aliphatic rings. The minimum absolute atomic E-state index is 0.518. The SMILES string of the molecule is NNc1ccc2nnnn2n1. The maximum absolute atomic E-state index is 5.12. The van der Waals surface area contributed by atoms with Crippen molar-refractivity contribution >= 4 is 11.5 Å². The molecule has 0 amide bonds. The number of hydrogen-bond acceptors (Lipinski definition) is 6. The highest BCUT2D eigenvalue weighted by Gasteiger charge is 1.97. The lowest BCUT2D eigenvalue weighted by molar-refractivity contribution is 0.735. The molecule has 0 radical (unpaired) electrons. The zero-order valence-electron chi connectivity index (χ0n) is 5.47. The maximum atomic E-state index is 5.12. The molecule has 0 saturated carbocycles. The van der Waals surface area contributed by atoms with Gasteiger partial charge in [-0.25, -0.2) is 5.84 Å². The van der Waals surface area contributed by atoms with Crippen molar-refractivity contribution in [3.8, 4) is 0 Å². The Hall–Kier alpha value is -1.76. The smallest absolute Gasteiger partial charge is 0.200 e. The first-order chi connectivity index (χ1) is 5.40. The summed E-state index contributed by atoms with van der Waals surface area (Å²) in [6, 6.07) is 3.40. The number of nitrogen functional groups attached to an aromatic ring is 1. The van der Waals surface area contributed by atoms with E-state index in [1.165, 1.54) is 4.63 Å². The number of nitrogens with one attached hydrogen (secondary N) is 1. The van der Waals surface area contributed by atoms with E-state index in [0.29, 0.717) is 11.5 Å². The van der Waals surface area contributed by atoms with E-state index in [0.717, 1.165) is 0 Å². The van der Waals surface area contributed by atoms with Gasteiger partial charge in [-0.1, -0.05) is 0 Å². The highest BCUT2D eigenvalue weighted by Crippen LogP contribution is 1.99. The maximum Gasteiger partial charge on any atom is 0.200 e. The molecule has 0 aliphatic heterocycles. The molecule has 3 N–H and O–H groups in total. The molecule has 7 nitrogen and oxygen atoms in total. The summed E-state index contributed by atoms with van der Waals surface area (Å²) in [4.78, 5) is 0. The van der Waals surface area contributed by atoms with E-state index in [9.17, 15) is 0 Å². The molecule has 2 rings (SSSR count). The van der Waals surface area contributed by atoms with Crippen LogP contribution in [-0.2, 0) is 0 Å². The van der Waals surface area contributed by atoms with Crippen LogP contribution in [0, 0.1) is 0 Å². The third-order valence-electron chi connectivity index (χ3n) is 1.22. The lowest BCUT2D eigenvalue weighted by Crippen LogP contribution is -2.10.